The quantitative estimate of drug-likeness (QED) is 0.695. The van der Waals surface area contributed by atoms with Gasteiger partial charge in [0.15, 0.2) is 0 Å². The van der Waals surface area contributed by atoms with Crippen molar-refractivity contribution in [3.63, 3.8) is 0 Å². The lowest BCUT2D eigenvalue weighted by atomic mass is 10.2. The van der Waals surface area contributed by atoms with E-state index in [0.29, 0.717) is 6.47 Å². The minimum absolute atomic E-state index is 0.318. The van der Waals surface area contributed by atoms with Gasteiger partial charge in [0, 0.05) is 6.04 Å². The molecule has 0 aromatic rings. The molecule has 0 amide bonds. The highest BCUT2D eigenvalue weighted by molar-refractivity contribution is 5.37. The number of nitrogens with one attached hydrogen (secondary N) is 1. The molecular weight excluding hydrogens is 178 g/mol. The first-order valence-corrected chi connectivity index (χ1v) is 5.34. The molecule has 1 heterocycles. The highest BCUT2D eigenvalue weighted by Crippen LogP contribution is 2.06. The summed E-state index contributed by atoms with van der Waals surface area (Å²) in [5.41, 5.74) is -0.318. The van der Waals surface area contributed by atoms with E-state index in [4.69, 9.17) is 0 Å². The molecule has 1 fully saturated rings. The molecule has 1 atom stereocenters. The van der Waals surface area contributed by atoms with Gasteiger partial charge < -0.3 is 10.1 Å². The van der Waals surface area contributed by atoms with Crippen LogP contribution in [0.4, 0.5) is 0 Å². The van der Waals surface area contributed by atoms with Crippen molar-refractivity contribution in [2.24, 2.45) is 0 Å². The van der Waals surface area contributed by atoms with E-state index in [1.165, 1.54) is 25.8 Å². The fourth-order valence-electron chi connectivity index (χ4n) is 1.25. The molecule has 0 spiro atoms. The second-order valence-electron chi connectivity index (χ2n) is 4.53. The number of hydrogen-bond donors (Lipinski definition) is 1. The minimum atomic E-state index is -0.318. The molecule has 84 valence electrons. The maximum atomic E-state index is 9.60. The van der Waals surface area contributed by atoms with Crippen molar-refractivity contribution >= 4 is 6.47 Å². The van der Waals surface area contributed by atoms with Crippen molar-refractivity contribution in [1.29, 1.82) is 0 Å². The Morgan fingerprint density at radius 1 is 1.50 bits per heavy atom. The Morgan fingerprint density at radius 3 is 2.29 bits per heavy atom. The summed E-state index contributed by atoms with van der Waals surface area (Å²) in [5.74, 6) is 0. The summed E-state index contributed by atoms with van der Waals surface area (Å²) in [4.78, 5) is 9.60. The SMILES string of the molecule is CC(C)(C)OC=O.CC[C@@H]1CCCN1. The van der Waals surface area contributed by atoms with Crippen LogP contribution in [-0.4, -0.2) is 24.7 Å². The van der Waals surface area contributed by atoms with Crippen molar-refractivity contribution in [3.8, 4) is 0 Å². The summed E-state index contributed by atoms with van der Waals surface area (Å²) >= 11 is 0. The highest BCUT2D eigenvalue weighted by atomic mass is 16.5. The van der Waals surface area contributed by atoms with E-state index in [1.54, 1.807) is 0 Å². The Labute approximate surface area is 87.2 Å². The standard InChI is InChI=1S/C6H13N.C5H10O2/c1-2-6-4-3-5-7-6;1-5(2,3)7-4-6/h6-7H,2-5H2,1H3;4H,1-3H3/t6-;/m1./s1. The number of ether oxygens (including phenoxy) is 1. The molecule has 3 nitrogen and oxygen atoms in total. The minimum Gasteiger partial charge on any atom is -0.462 e. The fourth-order valence-corrected chi connectivity index (χ4v) is 1.25. The lowest BCUT2D eigenvalue weighted by Gasteiger charge is -2.14. The number of carbonyl (C=O) groups excluding carboxylic acids is 1. The second-order valence-corrected chi connectivity index (χ2v) is 4.53. The Kier molecular flexibility index (Phi) is 6.54. The lowest BCUT2D eigenvalue weighted by molar-refractivity contribution is -0.138. The third-order valence-corrected chi connectivity index (χ3v) is 2.06. The summed E-state index contributed by atoms with van der Waals surface area (Å²) in [6.45, 7) is 9.41. The predicted molar refractivity (Wildman–Crippen MR) is 58.2 cm³/mol. The van der Waals surface area contributed by atoms with E-state index in [1.807, 2.05) is 20.8 Å². The Hall–Kier alpha value is -0.570. The van der Waals surface area contributed by atoms with Gasteiger partial charge in [0.25, 0.3) is 6.47 Å². The van der Waals surface area contributed by atoms with Crippen LogP contribution in [0.5, 0.6) is 0 Å². The summed E-state index contributed by atoms with van der Waals surface area (Å²) in [5, 5.41) is 3.41. The molecule has 0 unspecified atom stereocenters. The van der Waals surface area contributed by atoms with Crippen LogP contribution in [-0.2, 0) is 9.53 Å². The van der Waals surface area contributed by atoms with Gasteiger partial charge in [0.1, 0.15) is 5.60 Å². The first-order valence-electron chi connectivity index (χ1n) is 5.34. The zero-order valence-electron chi connectivity index (χ0n) is 9.80. The molecule has 1 N–H and O–H groups in total. The van der Waals surface area contributed by atoms with Crippen molar-refractivity contribution in [2.75, 3.05) is 6.54 Å². The van der Waals surface area contributed by atoms with E-state index in [-0.39, 0.29) is 5.60 Å². The molecule has 3 heteroatoms. The molecule has 1 rings (SSSR count). The molecule has 0 radical (unpaired) electrons. The normalized spacial score (nSPS) is 21.0. The van der Waals surface area contributed by atoms with E-state index >= 15 is 0 Å². The average Bonchev–Trinajstić information content (AvgIpc) is 2.54. The summed E-state index contributed by atoms with van der Waals surface area (Å²) < 4.78 is 4.55. The molecule has 0 aromatic heterocycles. The van der Waals surface area contributed by atoms with Crippen LogP contribution in [0.3, 0.4) is 0 Å². The van der Waals surface area contributed by atoms with Crippen molar-refractivity contribution < 1.29 is 9.53 Å². The Bertz CT molecular complexity index is 146. The Balaban J connectivity index is 0.000000241. The van der Waals surface area contributed by atoms with Crippen molar-refractivity contribution in [2.45, 2.75) is 58.6 Å². The van der Waals surface area contributed by atoms with Gasteiger partial charge in [0.05, 0.1) is 0 Å². The van der Waals surface area contributed by atoms with E-state index in [0.717, 1.165) is 6.04 Å². The van der Waals surface area contributed by atoms with E-state index in [9.17, 15) is 4.79 Å². The first-order chi connectivity index (χ1) is 6.49. The largest absolute Gasteiger partial charge is 0.462 e. The van der Waals surface area contributed by atoms with Gasteiger partial charge in [-0.15, -0.1) is 0 Å². The van der Waals surface area contributed by atoms with Crippen LogP contribution in [0, 0.1) is 0 Å². The van der Waals surface area contributed by atoms with Crippen LogP contribution in [0.1, 0.15) is 47.0 Å². The predicted octanol–water partition coefficient (Wildman–Crippen LogP) is 2.11. The van der Waals surface area contributed by atoms with Gasteiger partial charge in [-0.05, 0) is 46.6 Å². The monoisotopic (exact) mass is 201 g/mol. The van der Waals surface area contributed by atoms with Gasteiger partial charge in [-0.25, -0.2) is 0 Å². The summed E-state index contributed by atoms with van der Waals surface area (Å²) in [6.07, 6.45) is 4.09. The maximum absolute atomic E-state index is 9.60. The second kappa shape index (κ2) is 6.82. The molecule has 0 saturated carbocycles. The van der Waals surface area contributed by atoms with Crippen LogP contribution in [0.15, 0.2) is 0 Å². The third-order valence-electron chi connectivity index (χ3n) is 2.06. The molecule has 0 aliphatic carbocycles. The van der Waals surface area contributed by atoms with Gasteiger partial charge in [0.2, 0.25) is 0 Å². The Morgan fingerprint density at radius 2 is 2.14 bits per heavy atom. The van der Waals surface area contributed by atoms with Gasteiger partial charge in [-0.1, -0.05) is 6.92 Å². The molecule has 0 aromatic carbocycles. The first kappa shape index (κ1) is 13.4. The zero-order chi connectivity index (χ0) is 11.0. The van der Waals surface area contributed by atoms with Gasteiger partial charge >= 0.3 is 0 Å². The maximum Gasteiger partial charge on any atom is 0.293 e. The molecule has 14 heavy (non-hydrogen) atoms. The fraction of sp³-hybridized carbons (Fsp3) is 0.909. The molecule has 1 aliphatic heterocycles. The molecule has 1 aliphatic rings. The van der Waals surface area contributed by atoms with Crippen LogP contribution < -0.4 is 5.32 Å². The summed E-state index contributed by atoms with van der Waals surface area (Å²) in [6, 6.07) is 0.847. The lowest BCUT2D eigenvalue weighted by Crippen LogP contribution is -2.19. The van der Waals surface area contributed by atoms with E-state index < -0.39 is 0 Å². The van der Waals surface area contributed by atoms with Crippen LogP contribution >= 0.6 is 0 Å². The van der Waals surface area contributed by atoms with Crippen molar-refractivity contribution in [1.82, 2.24) is 5.32 Å². The molecule has 0 bridgehead atoms. The zero-order valence-corrected chi connectivity index (χ0v) is 9.80. The molecular formula is C11H23NO2. The highest BCUT2D eigenvalue weighted by Gasteiger charge is 2.09. The number of rotatable bonds is 2. The number of carbonyl (C=O) groups is 1. The van der Waals surface area contributed by atoms with Crippen molar-refractivity contribution in [3.05, 3.63) is 0 Å². The summed E-state index contributed by atoms with van der Waals surface area (Å²) in [7, 11) is 0. The van der Waals surface area contributed by atoms with Gasteiger partial charge in [-0.2, -0.15) is 0 Å². The van der Waals surface area contributed by atoms with E-state index in [2.05, 4.69) is 17.0 Å². The van der Waals surface area contributed by atoms with Crippen LogP contribution in [0.2, 0.25) is 0 Å². The molecule has 1 saturated heterocycles. The average molecular weight is 201 g/mol. The topological polar surface area (TPSA) is 38.3 Å². The third kappa shape index (κ3) is 8.05. The van der Waals surface area contributed by atoms with Crippen LogP contribution in [0.25, 0.3) is 0 Å². The number of hydrogen-bond acceptors (Lipinski definition) is 3. The smallest absolute Gasteiger partial charge is 0.293 e. The van der Waals surface area contributed by atoms with Gasteiger partial charge in [-0.3, -0.25) is 4.79 Å².